The number of nitrogens with zero attached hydrogens (tertiary/aromatic N) is 1. The molecule has 0 saturated carbocycles. The Bertz CT molecular complexity index is 602. The summed E-state index contributed by atoms with van der Waals surface area (Å²) in [5.74, 6) is 0. The lowest BCUT2D eigenvalue weighted by atomic mass is 9.90. The zero-order chi connectivity index (χ0) is 14.2. The molecule has 5 heteroatoms. The van der Waals surface area contributed by atoms with E-state index in [4.69, 9.17) is 17.3 Å². The van der Waals surface area contributed by atoms with Gasteiger partial charge in [0.15, 0.2) is 5.13 Å². The summed E-state index contributed by atoms with van der Waals surface area (Å²) in [6.45, 7) is 6.46. The second-order valence-corrected chi connectivity index (χ2v) is 7.89. The van der Waals surface area contributed by atoms with Gasteiger partial charge in [0.1, 0.15) is 0 Å². The maximum atomic E-state index is 5.97. The third kappa shape index (κ3) is 3.50. The summed E-state index contributed by atoms with van der Waals surface area (Å²) in [6, 6.07) is 5.86. The van der Waals surface area contributed by atoms with Crippen LogP contribution in [0.15, 0.2) is 22.7 Å². The Morgan fingerprint density at radius 1 is 1.37 bits per heavy atom. The van der Waals surface area contributed by atoms with Crippen molar-refractivity contribution in [2.24, 2.45) is 0 Å². The van der Waals surface area contributed by atoms with E-state index in [1.165, 1.54) is 10.4 Å². The molecule has 0 aliphatic heterocycles. The summed E-state index contributed by atoms with van der Waals surface area (Å²) in [5.41, 5.74) is 8.14. The standard InChI is InChI=1S/C14H16BrClN2S/c1-14(2,3)12-11(19-13(17)18-12)6-8-4-5-9(16)7-10(8)15/h4-5,7H,6H2,1-3H3,(H2,17,18). The van der Waals surface area contributed by atoms with E-state index in [2.05, 4.69) is 41.7 Å². The second kappa shape index (κ2) is 5.43. The van der Waals surface area contributed by atoms with Crippen LogP contribution in [-0.4, -0.2) is 4.98 Å². The molecule has 0 saturated heterocycles. The predicted octanol–water partition coefficient (Wildman–Crippen LogP) is 5.03. The van der Waals surface area contributed by atoms with Gasteiger partial charge < -0.3 is 5.73 Å². The van der Waals surface area contributed by atoms with Crippen molar-refractivity contribution in [3.63, 3.8) is 0 Å². The van der Waals surface area contributed by atoms with E-state index < -0.39 is 0 Å². The first kappa shape index (κ1) is 14.8. The van der Waals surface area contributed by atoms with Gasteiger partial charge >= 0.3 is 0 Å². The number of rotatable bonds is 2. The molecule has 0 spiro atoms. The van der Waals surface area contributed by atoms with Crippen molar-refractivity contribution in [3.05, 3.63) is 43.8 Å². The van der Waals surface area contributed by atoms with Crippen LogP contribution in [0.5, 0.6) is 0 Å². The Hall–Kier alpha value is -0.580. The van der Waals surface area contributed by atoms with Gasteiger partial charge in [-0.3, -0.25) is 0 Å². The molecule has 0 radical (unpaired) electrons. The average Bonchev–Trinajstić information content (AvgIpc) is 2.63. The van der Waals surface area contributed by atoms with Gasteiger partial charge in [0.25, 0.3) is 0 Å². The maximum absolute atomic E-state index is 5.97. The highest BCUT2D eigenvalue weighted by Crippen LogP contribution is 2.34. The highest BCUT2D eigenvalue weighted by Gasteiger charge is 2.23. The molecule has 0 aliphatic carbocycles. The van der Waals surface area contributed by atoms with Crippen LogP contribution >= 0.6 is 38.9 Å². The van der Waals surface area contributed by atoms with Gasteiger partial charge in [0, 0.05) is 26.2 Å². The molecule has 2 N–H and O–H groups in total. The lowest BCUT2D eigenvalue weighted by Gasteiger charge is -2.17. The minimum atomic E-state index is 0.00234. The molecule has 0 bridgehead atoms. The summed E-state index contributed by atoms with van der Waals surface area (Å²) in [5, 5.41) is 1.36. The number of nitrogens with two attached hydrogens (primary N) is 1. The van der Waals surface area contributed by atoms with Crippen LogP contribution in [0.3, 0.4) is 0 Å². The first-order valence-electron chi connectivity index (χ1n) is 5.97. The number of anilines is 1. The number of hydrogen-bond donors (Lipinski definition) is 1. The van der Waals surface area contributed by atoms with Crippen LogP contribution in [0.1, 0.15) is 36.9 Å². The summed E-state index contributed by atoms with van der Waals surface area (Å²) in [4.78, 5) is 5.70. The lowest BCUT2D eigenvalue weighted by molar-refractivity contribution is 0.568. The van der Waals surface area contributed by atoms with Crippen LogP contribution in [-0.2, 0) is 11.8 Å². The highest BCUT2D eigenvalue weighted by molar-refractivity contribution is 9.10. The van der Waals surface area contributed by atoms with Crippen molar-refractivity contribution in [1.29, 1.82) is 0 Å². The van der Waals surface area contributed by atoms with Crippen molar-refractivity contribution < 1.29 is 0 Å². The fraction of sp³-hybridized carbons (Fsp3) is 0.357. The molecule has 2 nitrogen and oxygen atoms in total. The Morgan fingerprint density at radius 3 is 2.63 bits per heavy atom. The Labute approximate surface area is 131 Å². The number of thiazole rings is 1. The van der Waals surface area contributed by atoms with Gasteiger partial charge in [-0.05, 0) is 17.7 Å². The van der Waals surface area contributed by atoms with E-state index in [0.717, 1.165) is 21.6 Å². The molecule has 0 unspecified atom stereocenters. The largest absolute Gasteiger partial charge is 0.375 e. The van der Waals surface area contributed by atoms with Crippen molar-refractivity contribution >= 4 is 44.0 Å². The van der Waals surface area contributed by atoms with Crippen LogP contribution < -0.4 is 5.73 Å². The monoisotopic (exact) mass is 358 g/mol. The molecule has 2 aromatic rings. The number of hydrogen-bond acceptors (Lipinski definition) is 3. The SMILES string of the molecule is CC(C)(C)c1nc(N)sc1Cc1ccc(Cl)cc1Br. The minimum Gasteiger partial charge on any atom is -0.375 e. The molecule has 0 amide bonds. The summed E-state index contributed by atoms with van der Waals surface area (Å²) < 4.78 is 1.02. The molecule has 1 aromatic heterocycles. The smallest absolute Gasteiger partial charge is 0.180 e. The second-order valence-electron chi connectivity index (χ2n) is 5.49. The molecule has 0 fully saturated rings. The number of nitrogen functional groups attached to an aromatic ring is 1. The highest BCUT2D eigenvalue weighted by atomic mass is 79.9. The zero-order valence-electron chi connectivity index (χ0n) is 11.1. The molecular weight excluding hydrogens is 344 g/mol. The van der Waals surface area contributed by atoms with Crippen LogP contribution in [0, 0.1) is 0 Å². The molecule has 1 heterocycles. The fourth-order valence-corrected chi connectivity index (χ4v) is 3.80. The van der Waals surface area contributed by atoms with Gasteiger partial charge in [-0.2, -0.15) is 0 Å². The molecule has 0 aliphatic rings. The summed E-state index contributed by atoms with van der Waals surface area (Å²) in [7, 11) is 0. The third-order valence-corrected chi connectivity index (χ3v) is 4.65. The number of halogens is 2. The van der Waals surface area contributed by atoms with E-state index in [1.807, 2.05) is 18.2 Å². The number of benzene rings is 1. The van der Waals surface area contributed by atoms with Crippen molar-refractivity contribution in [2.45, 2.75) is 32.6 Å². The van der Waals surface area contributed by atoms with Crippen molar-refractivity contribution in [3.8, 4) is 0 Å². The number of aromatic nitrogens is 1. The zero-order valence-corrected chi connectivity index (χ0v) is 14.3. The van der Waals surface area contributed by atoms with Gasteiger partial charge in [-0.25, -0.2) is 4.98 Å². The average molecular weight is 360 g/mol. The first-order valence-corrected chi connectivity index (χ1v) is 7.95. The molecule has 1 aromatic carbocycles. The van der Waals surface area contributed by atoms with Gasteiger partial charge in [-0.1, -0.05) is 54.4 Å². The fourth-order valence-electron chi connectivity index (χ4n) is 1.91. The van der Waals surface area contributed by atoms with Crippen molar-refractivity contribution in [2.75, 3.05) is 5.73 Å². The van der Waals surface area contributed by atoms with E-state index in [0.29, 0.717) is 5.13 Å². The molecule has 0 atom stereocenters. The van der Waals surface area contributed by atoms with E-state index in [-0.39, 0.29) is 5.41 Å². The van der Waals surface area contributed by atoms with E-state index in [9.17, 15) is 0 Å². The quantitative estimate of drug-likeness (QED) is 0.816. The predicted molar refractivity (Wildman–Crippen MR) is 87.2 cm³/mol. The molecule has 19 heavy (non-hydrogen) atoms. The Morgan fingerprint density at radius 2 is 2.05 bits per heavy atom. The van der Waals surface area contributed by atoms with E-state index >= 15 is 0 Å². The lowest BCUT2D eigenvalue weighted by Crippen LogP contribution is -2.14. The summed E-state index contributed by atoms with van der Waals surface area (Å²) in [6.07, 6.45) is 0.819. The molecule has 102 valence electrons. The van der Waals surface area contributed by atoms with Gasteiger partial charge in [0.2, 0.25) is 0 Å². The van der Waals surface area contributed by atoms with Crippen molar-refractivity contribution in [1.82, 2.24) is 4.98 Å². The van der Waals surface area contributed by atoms with Gasteiger partial charge in [-0.15, -0.1) is 11.3 Å². The van der Waals surface area contributed by atoms with E-state index in [1.54, 1.807) is 11.3 Å². The van der Waals surface area contributed by atoms with Crippen LogP contribution in [0.4, 0.5) is 5.13 Å². The molecular formula is C14H16BrClN2S. The first-order chi connectivity index (χ1) is 8.77. The summed E-state index contributed by atoms with van der Waals surface area (Å²) >= 11 is 11.1. The topological polar surface area (TPSA) is 38.9 Å². The van der Waals surface area contributed by atoms with Crippen LogP contribution in [0.2, 0.25) is 5.02 Å². The van der Waals surface area contributed by atoms with Crippen LogP contribution in [0.25, 0.3) is 0 Å². The normalized spacial score (nSPS) is 11.8. The minimum absolute atomic E-state index is 0.00234. The Kier molecular flexibility index (Phi) is 4.23. The Balaban J connectivity index is 2.38. The maximum Gasteiger partial charge on any atom is 0.180 e. The molecule has 2 rings (SSSR count). The third-order valence-electron chi connectivity index (χ3n) is 2.79. The van der Waals surface area contributed by atoms with Gasteiger partial charge in [0.05, 0.1) is 5.69 Å².